The van der Waals surface area contributed by atoms with Crippen molar-refractivity contribution in [3.63, 3.8) is 0 Å². The minimum absolute atomic E-state index is 0.0674. The standard InChI is InChI=1S/C7H16O4/c1-5(8)7(2,11)4-3-6(9)10/h5-6,8-11H,3-4H2,1-2H3. The van der Waals surface area contributed by atoms with Crippen LogP contribution >= 0.6 is 0 Å². The Bertz CT molecular complexity index is 109. The van der Waals surface area contributed by atoms with Crippen LogP contribution in [0.2, 0.25) is 0 Å². The average Bonchev–Trinajstić information content (AvgIpc) is 1.84. The molecule has 68 valence electrons. The molecule has 0 saturated heterocycles. The van der Waals surface area contributed by atoms with E-state index >= 15 is 0 Å². The summed E-state index contributed by atoms with van der Waals surface area (Å²) in [5, 5.41) is 35.3. The molecule has 0 aromatic heterocycles. The maximum atomic E-state index is 9.37. The highest BCUT2D eigenvalue weighted by Crippen LogP contribution is 2.17. The van der Waals surface area contributed by atoms with Gasteiger partial charge in [-0.15, -0.1) is 0 Å². The molecule has 0 aromatic carbocycles. The maximum absolute atomic E-state index is 9.37. The SMILES string of the molecule is CC(O)C(C)(O)CCC(O)O. The fourth-order valence-corrected chi connectivity index (χ4v) is 0.630. The molecule has 0 radical (unpaired) electrons. The number of hydrogen-bond acceptors (Lipinski definition) is 4. The lowest BCUT2D eigenvalue weighted by Crippen LogP contribution is -2.37. The van der Waals surface area contributed by atoms with Gasteiger partial charge in [0.15, 0.2) is 6.29 Å². The van der Waals surface area contributed by atoms with Crippen molar-refractivity contribution >= 4 is 0 Å². The summed E-state index contributed by atoms with van der Waals surface area (Å²) in [4.78, 5) is 0. The lowest BCUT2D eigenvalue weighted by molar-refractivity contribution is -0.0929. The van der Waals surface area contributed by atoms with Crippen LogP contribution < -0.4 is 0 Å². The second kappa shape index (κ2) is 4.01. The molecule has 0 bridgehead atoms. The van der Waals surface area contributed by atoms with Gasteiger partial charge in [0.25, 0.3) is 0 Å². The minimum Gasteiger partial charge on any atom is -0.390 e. The molecule has 0 aliphatic carbocycles. The lowest BCUT2D eigenvalue weighted by Gasteiger charge is -2.26. The van der Waals surface area contributed by atoms with Crippen LogP contribution in [0.1, 0.15) is 26.7 Å². The molecule has 0 heterocycles. The van der Waals surface area contributed by atoms with Crippen molar-refractivity contribution in [3.05, 3.63) is 0 Å². The Balaban J connectivity index is 3.73. The third-order valence-electron chi connectivity index (χ3n) is 1.81. The Morgan fingerprint density at radius 2 is 1.73 bits per heavy atom. The number of aliphatic hydroxyl groups is 4. The quantitative estimate of drug-likeness (QED) is 0.410. The van der Waals surface area contributed by atoms with E-state index in [1.165, 1.54) is 13.8 Å². The van der Waals surface area contributed by atoms with Crippen molar-refractivity contribution in [2.75, 3.05) is 0 Å². The van der Waals surface area contributed by atoms with Crippen LogP contribution in [0.3, 0.4) is 0 Å². The fraction of sp³-hybridized carbons (Fsp3) is 1.00. The van der Waals surface area contributed by atoms with Crippen LogP contribution in [0, 0.1) is 0 Å². The summed E-state index contributed by atoms with van der Waals surface area (Å²) >= 11 is 0. The normalized spacial score (nSPS) is 19.9. The molecule has 4 heteroatoms. The van der Waals surface area contributed by atoms with Crippen LogP contribution in [0.15, 0.2) is 0 Å². The largest absolute Gasteiger partial charge is 0.390 e. The van der Waals surface area contributed by atoms with E-state index in [0.717, 1.165) is 0 Å². The molecule has 0 rings (SSSR count). The van der Waals surface area contributed by atoms with E-state index in [1.54, 1.807) is 0 Å². The van der Waals surface area contributed by atoms with Gasteiger partial charge in [-0.25, -0.2) is 0 Å². The monoisotopic (exact) mass is 164 g/mol. The van der Waals surface area contributed by atoms with E-state index in [9.17, 15) is 5.11 Å². The number of rotatable bonds is 4. The number of hydrogen-bond donors (Lipinski definition) is 4. The summed E-state index contributed by atoms with van der Waals surface area (Å²) < 4.78 is 0. The molecule has 0 saturated carbocycles. The van der Waals surface area contributed by atoms with E-state index in [4.69, 9.17) is 15.3 Å². The Morgan fingerprint density at radius 1 is 1.27 bits per heavy atom. The summed E-state index contributed by atoms with van der Waals surface area (Å²) in [6.07, 6.45) is -2.04. The zero-order chi connectivity index (χ0) is 9.07. The Labute approximate surface area is 66.1 Å². The van der Waals surface area contributed by atoms with E-state index < -0.39 is 18.0 Å². The zero-order valence-corrected chi connectivity index (χ0v) is 6.86. The Morgan fingerprint density at radius 3 is 2.00 bits per heavy atom. The predicted molar refractivity (Wildman–Crippen MR) is 39.8 cm³/mol. The summed E-state index contributed by atoms with van der Waals surface area (Å²) in [5.41, 5.74) is -1.23. The van der Waals surface area contributed by atoms with E-state index in [-0.39, 0.29) is 12.8 Å². The van der Waals surface area contributed by atoms with E-state index in [1.807, 2.05) is 0 Å². The van der Waals surface area contributed by atoms with Crippen molar-refractivity contribution in [1.82, 2.24) is 0 Å². The summed E-state index contributed by atoms with van der Waals surface area (Å²) in [5.74, 6) is 0. The van der Waals surface area contributed by atoms with Crippen LogP contribution in [0.5, 0.6) is 0 Å². The molecule has 0 spiro atoms. The first kappa shape index (κ1) is 10.8. The van der Waals surface area contributed by atoms with Gasteiger partial charge < -0.3 is 20.4 Å². The highest BCUT2D eigenvalue weighted by molar-refractivity contribution is 4.78. The van der Waals surface area contributed by atoms with Crippen LogP contribution in [-0.4, -0.2) is 38.4 Å². The van der Waals surface area contributed by atoms with Crippen molar-refractivity contribution in [2.24, 2.45) is 0 Å². The fourth-order valence-electron chi connectivity index (χ4n) is 0.630. The van der Waals surface area contributed by atoms with Gasteiger partial charge in [-0.1, -0.05) is 0 Å². The molecule has 2 atom stereocenters. The van der Waals surface area contributed by atoms with Gasteiger partial charge in [0.2, 0.25) is 0 Å². The highest BCUT2D eigenvalue weighted by atomic mass is 16.5. The van der Waals surface area contributed by atoms with Gasteiger partial charge in [0, 0.05) is 6.42 Å². The van der Waals surface area contributed by atoms with Crippen LogP contribution in [0.25, 0.3) is 0 Å². The predicted octanol–water partition coefficient (Wildman–Crippen LogP) is -0.791. The van der Waals surface area contributed by atoms with Crippen LogP contribution in [-0.2, 0) is 0 Å². The van der Waals surface area contributed by atoms with Crippen molar-refractivity contribution < 1.29 is 20.4 Å². The van der Waals surface area contributed by atoms with E-state index in [2.05, 4.69) is 0 Å². The first-order valence-electron chi connectivity index (χ1n) is 3.63. The molecule has 0 fully saturated rings. The maximum Gasteiger partial charge on any atom is 0.151 e. The van der Waals surface area contributed by atoms with Gasteiger partial charge in [0.1, 0.15) is 0 Å². The molecule has 11 heavy (non-hydrogen) atoms. The Kier molecular flexibility index (Phi) is 3.96. The van der Waals surface area contributed by atoms with Crippen LogP contribution in [0.4, 0.5) is 0 Å². The molecular weight excluding hydrogens is 148 g/mol. The van der Waals surface area contributed by atoms with Crippen molar-refractivity contribution in [2.45, 2.75) is 44.7 Å². The average molecular weight is 164 g/mol. The van der Waals surface area contributed by atoms with Gasteiger partial charge >= 0.3 is 0 Å². The molecule has 0 aliphatic heterocycles. The van der Waals surface area contributed by atoms with Crippen molar-refractivity contribution in [3.8, 4) is 0 Å². The number of aliphatic hydroxyl groups excluding tert-OH is 2. The third-order valence-corrected chi connectivity index (χ3v) is 1.81. The molecule has 4 N–H and O–H groups in total. The molecule has 0 aliphatic rings. The first-order valence-corrected chi connectivity index (χ1v) is 3.63. The molecule has 0 aromatic rings. The van der Waals surface area contributed by atoms with Gasteiger partial charge in [-0.2, -0.15) is 0 Å². The zero-order valence-electron chi connectivity index (χ0n) is 6.86. The molecular formula is C7H16O4. The summed E-state index contributed by atoms with van der Waals surface area (Å²) in [6, 6.07) is 0. The highest BCUT2D eigenvalue weighted by Gasteiger charge is 2.26. The summed E-state index contributed by atoms with van der Waals surface area (Å²) in [6.45, 7) is 2.92. The van der Waals surface area contributed by atoms with E-state index in [0.29, 0.717) is 0 Å². The van der Waals surface area contributed by atoms with Gasteiger partial charge in [-0.05, 0) is 20.3 Å². The van der Waals surface area contributed by atoms with Crippen molar-refractivity contribution in [1.29, 1.82) is 0 Å². The molecule has 4 nitrogen and oxygen atoms in total. The minimum atomic E-state index is -1.42. The van der Waals surface area contributed by atoms with Gasteiger partial charge in [-0.3, -0.25) is 0 Å². The summed E-state index contributed by atoms with van der Waals surface area (Å²) in [7, 11) is 0. The molecule has 2 unspecified atom stereocenters. The second-order valence-corrected chi connectivity index (χ2v) is 3.05. The smallest absolute Gasteiger partial charge is 0.151 e. The second-order valence-electron chi connectivity index (χ2n) is 3.05. The lowest BCUT2D eigenvalue weighted by atomic mass is 9.94. The van der Waals surface area contributed by atoms with Gasteiger partial charge in [0.05, 0.1) is 11.7 Å². The topological polar surface area (TPSA) is 80.9 Å². The third kappa shape index (κ3) is 4.31. The molecule has 0 amide bonds. The first-order chi connectivity index (χ1) is 4.86. The Hall–Kier alpha value is -0.160.